The Kier molecular flexibility index (Phi) is 5.58. The zero-order valence-electron chi connectivity index (χ0n) is 12.2. The topological polar surface area (TPSA) is 62.5 Å². The molecule has 2 aromatic rings. The van der Waals surface area contributed by atoms with Gasteiger partial charge >= 0.3 is 0 Å². The van der Waals surface area contributed by atoms with Crippen molar-refractivity contribution in [3.8, 4) is 0 Å². The molecule has 0 spiro atoms. The molecule has 0 bridgehead atoms. The summed E-state index contributed by atoms with van der Waals surface area (Å²) < 4.78 is 5.13. The van der Waals surface area contributed by atoms with Crippen LogP contribution in [0.15, 0.2) is 53.1 Å². The van der Waals surface area contributed by atoms with Crippen molar-refractivity contribution in [2.24, 2.45) is 0 Å². The van der Waals surface area contributed by atoms with E-state index in [1.54, 1.807) is 12.1 Å². The summed E-state index contributed by atoms with van der Waals surface area (Å²) in [6.07, 6.45) is 2.03. The number of hydrogen-bond acceptors (Lipinski definition) is 3. The van der Waals surface area contributed by atoms with E-state index in [4.69, 9.17) is 4.42 Å². The van der Waals surface area contributed by atoms with E-state index >= 15 is 0 Å². The Hall–Kier alpha value is -2.07. The third-order valence-electron chi connectivity index (χ3n) is 3.52. The molecule has 112 valence electrons. The zero-order valence-corrected chi connectivity index (χ0v) is 12.2. The fourth-order valence-corrected chi connectivity index (χ4v) is 2.34. The molecule has 0 aliphatic heterocycles. The number of hydrogen-bond donors (Lipinski definition) is 2. The second-order valence-electron chi connectivity index (χ2n) is 4.98. The number of benzene rings is 1. The molecule has 0 saturated carbocycles. The van der Waals surface area contributed by atoms with Gasteiger partial charge in [0.15, 0.2) is 0 Å². The van der Waals surface area contributed by atoms with Gasteiger partial charge in [-0.15, -0.1) is 0 Å². The Labute approximate surface area is 124 Å². The molecule has 0 aliphatic rings. The molecular formula is C17H21NO3. The Morgan fingerprint density at radius 1 is 1.24 bits per heavy atom. The third kappa shape index (κ3) is 4.20. The summed E-state index contributed by atoms with van der Waals surface area (Å²) in [6.45, 7) is 2.42. The summed E-state index contributed by atoms with van der Waals surface area (Å²) in [5, 5.41) is 12.8. The summed E-state index contributed by atoms with van der Waals surface area (Å²) in [5.74, 6) is 0.377. The van der Waals surface area contributed by atoms with E-state index in [1.165, 1.54) is 6.26 Å². The largest absolute Gasteiger partial charge is 0.467 e. The molecule has 0 aliphatic carbocycles. The van der Waals surface area contributed by atoms with Crippen LogP contribution in [0.5, 0.6) is 0 Å². The first-order valence-electron chi connectivity index (χ1n) is 7.26. The normalized spacial score (nSPS) is 13.6. The van der Waals surface area contributed by atoms with Gasteiger partial charge in [0.2, 0.25) is 5.91 Å². The van der Waals surface area contributed by atoms with Gasteiger partial charge in [-0.25, -0.2) is 0 Å². The maximum atomic E-state index is 12.2. The van der Waals surface area contributed by atoms with Crippen LogP contribution in [-0.2, 0) is 4.79 Å². The lowest BCUT2D eigenvalue weighted by molar-refractivity contribution is -0.122. The average molecular weight is 287 g/mol. The quantitative estimate of drug-likeness (QED) is 0.823. The molecule has 0 saturated heterocycles. The molecule has 4 heteroatoms. The van der Waals surface area contributed by atoms with Crippen LogP contribution in [0.2, 0.25) is 0 Å². The minimum atomic E-state index is -0.683. The van der Waals surface area contributed by atoms with E-state index in [2.05, 4.69) is 5.32 Å². The van der Waals surface area contributed by atoms with Gasteiger partial charge in [-0.1, -0.05) is 37.3 Å². The highest BCUT2D eigenvalue weighted by Gasteiger charge is 2.18. The minimum absolute atomic E-state index is 0.00431. The van der Waals surface area contributed by atoms with E-state index in [0.29, 0.717) is 18.7 Å². The van der Waals surface area contributed by atoms with Crippen LogP contribution >= 0.6 is 0 Å². The van der Waals surface area contributed by atoms with Gasteiger partial charge < -0.3 is 14.8 Å². The molecule has 2 rings (SSSR count). The summed E-state index contributed by atoms with van der Waals surface area (Å²) in [4.78, 5) is 12.2. The first kappa shape index (κ1) is 15.3. The number of furan rings is 1. The smallest absolute Gasteiger partial charge is 0.227 e. The first-order valence-corrected chi connectivity index (χ1v) is 7.26. The third-order valence-corrected chi connectivity index (χ3v) is 3.52. The predicted octanol–water partition coefficient (Wildman–Crippen LogP) is 3.01. The van der Waals surface area contributed by atoms with Crippen LogP contribution < -0.4 is 5.32 Å². The SMILES string of the molecule is CC[C@@H](C(=O)NCC[C@H](O)c1ccco1)c1ccccc1. The highest BCUT2D eigenvalue weighted by molar-refractivity contribution is 5.83. The van der Waals surface area contributed by atoms with Crippen molar-refractivity contribution in [1.82, 2.24) is 5.32 Å². The highest BCUT2D eigenvalue weighted by Crippen LogP contribution is 2.20. The van der Waals surface area contributed by atoms with Crippen LogP contribution in [0.25, 0.3) is 0 Å². The van der Waals surface area contributed by atoms with Crippen molar-refractivity contribution in [2.45, 2.75) is 31.8 Å². The molecule has 2 atom stereocenters. The van der Waals surface area contributed by atoms with Crippen molar-refractivity contribution in [3.63, 3.8) is 0 Å². The number of amides is 1. The maximum absolute atomic E-state index is 12.2. The highest BCUT2D eigenvalue weighted by atomic mass is 16.4. The van der Waals surface area contributed by atoms with Crippen LogP contribution in [0.4, 0.5) is 0 Å². The van der Waals surface area contributed by atoms with E-state index in [9.17, 15) is 9.90 Å². The Balaban J connectivity index is 1.83. The number of carbonyl (C=O) groups excluding carboxylic acids is 1. The lowest BCUT2D eigenvalue weighted by atomic mass is 9.95. The number of nitrogens with one attached hydrogen (secondary N) is 1. The minimum Gasteiger partial charge on any atom is -0.467 e. The van der Waals surface area contributed by atoms with Gasteiger partial charge in [-0.2, -0.15) is 0 Å². The monoisotopic (exact) mass is 287 g/mol. The standard InChI is InChI=1S/C17H21NO3/c1-2-14(13-7-4-3-5-8-13)17(20)18-11-10-15(19)16-9-6-12-21-16/h3-9,12,14-15,19H,2,10-11H2,1H3,(H,18,20)/t14-,15+/m1/s1. The Morgan fingerprint density at radius 2 is 2.00 bits per heavy atom. The molecule has 0 unspecified atom stereocenters. The van der Waals surface area contributed by atoms with Gasteiger partial charge in [-0.05, 0) is 30.5 Å². The molecule has 4 nitrogen and oxygen atoms in total. The Morgan fingerprint density at radius 3 is 2.62 bits per heavy atom. The average Bonchev–Trinajstić information content (AvgIpc) is 3.03. The summed E-state index contributed by atoms with van der Waals surface area (Å²) in [6, 6.07) is 13.2. The molecule has 1 amide bonds. The van der Waals surface area contributed by atoms with Crippen molar-refractivity contribution in [2.75, 3.05) is 6.54 Å². The molecule has 0 radical (unpaired) electrons. The van der Waals surface area contributed by atoms with Gasteiger partial charge in [0, 0.05) is 6.54 Å². The molecule has 1 heterocycles. The first-order chi connectivity index (χ1) is 10.2. The molecule has 2 N–H and O–H groups in total. The van der Waals surface area contributed by atoms with E-state index in [-0.39, 0.29) is 11.8 Å². The van der Waals surface area contributed by atoms with E-state index in [0.717, 1.165) is 12.0 Å². The lowest BCUT2D eigenvalue weighted by Gasteiger charge is -2.16. The Bertz CT molecular complexity index is 536. The summed E-state index contributed by atoms with van der Waals surface area (Å²) in [5.41, 5.74) is 1.02. The van der Waals surface area contributed by atoms with Crippen LogP contribution in [0.3, 0.4) is 0 Å². The summed E-state index contributed by atoms with van der Waals surface area (Å²) in [7, 11) is 0. The van der Waals surface area contributed by atoms with Crippen LogP contribution in [0, 0.1) is 0 Å². The second kappa shape index (κ2) is 7.64. The lowest BCUT2D eigenvalue weighted by Crippen LogP contribution is -2.30. The van der Waals surface area contributed by atoms with Gasteiger partial charge in [0.05, 0.1) is 12.2 Å². The molecule has 1 aromatic carbocycles. The zero-order chi connectivity index (χ0) is 15.1. The predicted molar refractivity (Wildman–Crippen MR) is 80.8 cm³/mol. The van der Waals surface area contributed by atoms with Crippen molar-refractivity contribution in [1.29, 1.82) is 0 Å². The van der Waals surface area contributed by atoms with Crippen LogP contribution in [-0.4, -0.2) is 17.6 Å². The summed E-state index contributed by atoms with van der Waals surface area (Å²) >= 11 is 0. The molecule has 21 heavy (non-hydrogen) atoms. The van der Waals surface area contributed by atoms with Gasteiger partial charge in [-0.3, -0.25) is 4.79 Å². The van der Waals surface area contributed by atoms with Gasteiger partial charge in [0.25, 0.3) is 0 Å². The molecular weight excluding hydrogens is 266 g/mol. The van der Waals surface area contributed by atoms with E-state index in [1.807, 2.05) is 37.3 Å². The van der Waals surface area contributed by atoms with Crippen molar-refractivity contribution < 1.29 is 14.3 Å². The number of rotatable bonds is 7. The van der Waals surface area contributed by atoms with E-state index < -0.39 is 6.10 Å². The maximum Gasteiger partial charge on any atom is 0.227 e. The van der Waals surface area contributed by atoms with Crippen molar-refractivity contribution in [3.05, 3.63) is 60.1 Å². The number of carbonyl (C=O) groups is 1. The fourth-order valence-electron chi connectivity index (χ4n) is 2.34. The molecule has 1 aromatic heterocycles. The fraction of sp³-hybridized carbons (Fsp3) is 0.353. The number of aliphatic hydroxyl groups is 1. The number of aliphatic hydroxyl groups excluding tert-OH is 1. The van der Waals surface area contributed by atoms with Gasteiger partial charge in [0.1, 0.15) is 11.9 Å². The second-order valence-corrected chi connectivity index (χ2v) is 4.98. The molecule has 0 fully saturated rings. The van der Waals surface area contributed by atoms with Crippen LogP contribution in [0.1, 0.15) is 43.1 Å². The van der Waals surface area contributed by atoms with Crippen molar-refractivity contribution >= 4 is 5.91 Å².